The number of rotatable bonds is 2. The van der Waals surface area contributed by atoms with Crippen LogP contribution in [0.15, 0.2) is 0 Å². The lowest BCUT2D eigenvalue weighted by molar-refractivity contribution is -0.151. The molecule has 0 saturated carbocycles. The molecule has 2 aliphatic heterocycles. The molecule has 21 heavy (non-hydrogen) atoms. The SMILES string of the molecule is CN1CCN(C(=O)N2CCCC(C(C)(C)C(=O)O)C2)CC1. The van der Waals surface area contributed by atoms with E-state index in [4.69, 9.17) is 0 Å². The summed E-state index contributed by atoms with van der Waals surface area (Å²) in [5.74, 6) is -0.749. The second kappa shape index (κ2) is 6.22. The fourth-order valence-corrected chi connectivity index (χ4v) is 3.11. The predicted octanol–water partition coefficient (Wildman–Crippen LogP) is 1.18. The summed E-state index contributed by atoms with van der Waals surface area (Å²) in [6, 6.07) is 0.0778. The van der Waals surface area contributed by atoms with Crippen LogP contribution in [0.5, 0.6) is 0 Å². The first-order valence-electron chi connectivity index (χ1n) is 7.78. The molecule has 1 N–H and O–H groups in total. The molecule has 0 aromatic carbocycles. The molecule has 120 valence electrons. The van der Waals surface area contributed by atoms with Crippen LogP contribution in [-0.4, -0.2) is 78.1 Å². The number of likely N-dealkylation sites (tertiary alicyclic amines) is 1. The highest BCUT2D eigenvalue weighted by atomic mass is 16.4. The maximum Gasteiger partial charge on any atom is 0.320 e. The highest BCUT2D eigenvalue weighted by Crippen LogP contribution is 2.34. The number of urea groups is 1. The van der Waals surface area contributed by atoms with Crippen LogP contribution in [0.3, 0.4) is 0 Å². The fourth-order valence-electron chi connectivity index (χ4n) is 3.11. The average molecular weight is 297 g/mol. The fraction of sp³-hybridized carbons (Fsp3) is 0.867. The normalized spacial score (nSPS) is 25.0. The topological polar surface area (TPSA) is 64.1 Å². The van der Waals surface area contributed by atoms with E-state index in [9.17, 15) is 14.7 Å². The van der Waals surface area contributed by atoms with Gasteiger partial charge in [-0.3, -0.25) is 4.79 Å². The van der Waals surface area contributed by atoms with Gasteiger partial charge in [-0.25, -0.2) is 4.79 Å². The van der Waals surface area contributed by atoms with Gasteiger partial charge in [-0.15, -0.1) is 0 Å². The van der Waals surface area contributed by atoms with Crippen molar-refractivity contribution in [1.29, 1.82) is 0 Å². The van der Waals surface area contributed by atoms with Crippen molar-refractivity contribution in [3.05, 3.63) is 0 Å². The smallest absolute Gasteiger partial charge is 0.320 e. The summed E-state index contributed by atoms with van der Waals surface area (Å²) in [4.78, 5) is 30.0. The summed E-state index contributed by atoms with van der Waals surface area (Å²) < 4.78 is 0. The van der Waals surface area contributed by atoms with E-state index in [1.807, 2.05) is 9.80 Å². The number of carboxylic acids is 1. The first-order valence-corrected chi connectivity index (χ1v) is 7.78. The van der Waals surface area contributed by atoms with Crippen molar-refractivity contribution in [2.24, 2.45) is 11.3 Å². The van der Waals surface area contributed by atoms with Crippen LogP contribution in [-0.2, 0) is 4.79 Å². The number of likely N-dealkylation sites (N-methyl/N-ethyl adjacent to an activating group) is 1. The Kier molecular flexibility index (Phi) is 4.76. The van der Waals surface area contributed by atoms with Crippen molar-refractivity contribution in [3.8, 4) is 0 Å². The Labute approximate surface area is 126 Å². The number of amides is 2. The van der Waals surface area contributed by atoms with Crippen LogP contribution in [0.25, 0.3) is 0 Å². The van der Waals surface area contributed by atoms with E-state index in [1.54, 1.807) is 13.8 Å². The number of carbonyl (C=O) groups is 2. The molecule has 2 amide bonds. The standard InChI is InChI=1S/C15H27N3O3/c1-15(2,13(19)20)12-5-4-6-18(11-12)14(21)17-9-7-16(3)8-10-17/h12H,4-11H2,1-3H3,(H,19,20). The number of nitrogens with zero attached hydrogens (tertiary/aromatic N) is 3. The third kappa shape index (κ3) is 3.48. The molecule has 6 heteroatoms. The molecular formula is C15H27N3O3. The molecular weight excluding hydrogens is 270 g/mol. The van der Waals surface area contributed by atoms with Crippen LogP contribution in [0.2, 0.25) is 0 Å². The van der Waals surface area contributed by atoms with Gasteiger partial charge in [-0.05, 0) is 39.7 Å². The summed E-state index contributed by atoms with van der Waals surface area (Å²) in [7, 11) is 2.06. The number of aliphatic carboxylic acids is 1. The molecule has 2 heterocycles. The molecule has 2 rings (SSSR count). The number of hydrogen-bond acceptors (Lipinski definition) is 3. The maximum atomic E-state index is 12.6. The number of piperazine rings is 1. The molecule has 2 fully saturated rings. The first-order chi connectivity index (χ1) is 9.82. The zero-order valence-electron chi connectivity index (χ0n) is 13.3. The quantitative estimate of drug-likeness (QED) is 0.831. The maximum absolute atomic E-state index is 12.6. The third-order valence-corrected chi connectivity index (χ3v) is 5.04. The largest absolute Gasteiger partial charge is 0.481 e. The number of piperidine rings is 1. The van der Waals surface area contributed by atoms with Crippen LogP contribution >= 0.6 is 0 Å². The molecule has 0 radical (unpaired) electrons. The lowest BCUT2D eigenvalue weighted by atomic mass is 9.74. The Morgan fingerprint density at radius 3 is 2.24 bits per heavy atom. The summed E-state index contributed by atoms with van der Waals surface area (Å²) in [5.41, 5.74) is -0.777. The van der Waals surface area contributed by atoms with Gasteiger partial charge in [-0.1, -0.05) is 0 Å². The summed E-state index contributed by atoms with van der Waals surface area (Å²) >= 11 is 0. The molecule has 0 bridgehead atoms. The Balaban J connectivity index is 1.97. The molecule has 2 aliphatic rings. The van der Waals surface area contributed by atoms with Gasteiger partial charge < -0.3 is 19.8 Å². The van der Waals surface area contributed by atoms with Crippen molar-refractivity contribution in [3.63, 3.8) is 0 Å². The van der Waals surface area contributed by atoms with E-state index in [0.29, 0.717) is 6.54 Å². The number of hydrogen-bond donors (Lipinski definition) is 1. The second-order valence-corrected chi connectivity index (χ2v) is 6.88. The Hall–Kier alpha value is -1.30. The van der Waals surface area contributed by atoms with E-state index in [1.165, 1.54) is 0 Å². The number of carboxylic acid groups (broad SMARTS) is 1. The van der Waals surface area contributed by atoms with Gasteiger partial charge in [0, 0.05) is 39.3 Å². The number of carbonyl (C=O) groups excluding carboxylic acids is 1. The van der Waals surface area contributed by atoms with E-state index in [2.05, 4.69) is 11.9 Å². The highest BCUT2D eigenvalue weighted by Gasteiger charge is 2.40. The minimum Gasteiger partial charge on any atom is -0.481 e. The van der Waals surface area contributed by atoms with E-state index in [0.717, 1.165) is 45.6 Å². The first kappa shape index (κ1) is 16.1. The average Bonchev–Trinajstić information content (AvgIpc) is 2.47. The van der Waals surface area contributed by atoms with Gasteiger partial charge in [0.25, 0.3) is 0 Å². The molecule has 0 spiro atoms. The van der Waals surface area contributed by atoms with E-state index >= 15 is 0 Å². The van der Waals surface area contributed by atoms with Crippen LogP contribution in [0.4, 0.5) is 4.79 Å². The predicted molar refractivity (Wildman–Crippen MR) is 80.2 cm³/mol. The van der Waals surface area contributed by atoms with E-state index < -0.39 is 11.4 Å². The monoisotopic (exact) mass is 297 g/mol. The molecule has 1 unspecified atom stereocenters. The van der Waals surface area contributed by atoms with Gasteiger partial charge in [0.1, 0.15) is 0 Å². The van der Waals surface area contributed by atoms with Gasteiger partial charge >= 0.3 is 12.0 Å². The summed E-state index contributed by atoms with van der Waals surface area (Å²) in [6.45, 7) is 8.18. The van der Waals surface area contributed by atoms with Crippen molar-refractivity contribution in [2.75, 3.05) is 46.3 Å². The van der Waals surface area contributed by atoms with Gasteiger partial charge in [-0.2, -0.15) is 0 Å². The zero-order valence-corrected chi connectivity index (χ0v) is 13.3. The second-order valence-electron chi connectivity index (χ2n) is 6.88. The molecule has 0 aliphatic carbocycles. The van der Waals surface area contributed by atoms with Crippen LogP contribution in [0, 0.1) is 11.3 Å². The van der Waals surface area contributed by atoms with Gasteiger partial charge in [0.15, 0.2) is 0 Å². The molecule has 1 atom stereocenters. The highest BCUT2D eigenvalue weighted by molar-refractivity contribution is 5.76. The van der Waals surface area contributed by atoms with Crippen molar-refractivity contribution in [2.45, 2.75) is 26.7 Å². The van der Waals surface area contributed by atoms with Crippen molar-refractivity contribution >= 4 is 12.0 Å². The minimum atomic E-state index is -0.777. The molecule has 0 aromatic heterocycles. The molecule has 6 nitrogen and oxygen atoms in total. The van der Waals surface area contributed by atoms with E-state index in [-0.39, 0.29) is 11.9 Å². The Morgan fingerprint density at radius 1 is 1.05 bits per heavy atom. The lowest BCUT2D eigenvalue weighted by Crippen LogP contribution is -2.55. The van der Waals surface area contributed by atoms with Gasteiger partial charge in [0.2, 0.25) is 0 Å². The van der Waals surface area contributed by atoms with Crippen molar-refractivity contribution in [1.82, 2.24) is 14.7 Å². The molecule has 2 saturated heterocycles. The van der Waals surface area contributed by atoms with Crippen LogP contribution < -0.4 is 0 Å². The minimum absolute atomic E-state index is 0.0279. The zero-order chi connectivity index (χ0) is 15.6. The Morgan fingerprint density at radius 2 is 1.67 bits per heavy atom. The molecule has 0 aromatic rings. The Bertz CT molecular complexity index is 403. The van der Waals surface area contributed by atoms with Crippen molar-refractivity contribution < 1.29 is 14.7 Å². The van der Waals surface area contributed by atoms with Gasteiger partial charge in [0.05, 0.1) is 5.41 Å². The summed E-state index contributed by atoms with van der Waals surface area (Å²) in [6.07, 6.45) is 1.77. The van der Waals surface area contributed by atoms with Crippen LogP contribution in [0.1, 0.15) is 26.7 Å². The lowest BCUT2D eigenvalue weighted by Gasteiger charge is -2.42. The third-order valence-electron chi connectivity index (χ3n) is 5.04. The summed E-state index contributed by atoms with van der Waals surface area (Å²) in [5, 5.41) is 9.38.